The zero-order valence-electron chi connectivity index (χ0n) is 11.9. The van der Waals surface area contributed by atoms with Crippen LogP contribution in [-0.4, -0.2) is 28.5 Å². The van der Waals surface area contributed by atoms with Crippen LogP contribution < -0.4 is 27.0 Å². The minimum atomic E-state index is -0.804. The summed E-state index contributed by atoms with van der Waals surface area (Å²) in [6.45, 7) is 1.95. The number of aromatic nitrogens is 2. The van der Waals surface area contributed by atoms with E-state index in [1.807, 2.05) is 23.2 Å². The molecule has 5 N–H and O–H groups in total. The predicted octanol–water partition coefficient (Wildman–Crippen LogP) is -0.157. The quantitative estimate of drug-likeness (QED) is 0.610. The Morgan fingerprint density at radius 1 is 1.27 bits per heavy atom. The molecule has 0 spiro atoms. The number of hydrogen-bond donors (Lipinski definition) is 4. The van der Waals surface area contributed by atoms with Gasteiger partial charge in [0.15, 0.2) is 0 Å². The number of anilines is 1. The van der Waals surface area contributed by atoms with E-state index in [0.29, 0.717) is 5.75 Å². The van der Waals surface area contributed by atoms with E-state index in [1.165, 1.54) is 0 Å². The first-order chi connectivity index (χ1) is 10.5. The van der Waals surface area contributed by atoms with Crippen molar-refractivity contribution < 1.29 is 9.53 Å². The second-order valence-corrected chi connectivity index (χ2v) is 4.70. The van der Waals surface area contributed by atoms with Crippen molar-refractivity contribution in [1.29, 1.82) is 0 Å². The fraction of sp³-hybridized carbons (Fsp3) is 0.214. The van der Waals surface area contributed by atoms with Gasteiger partial charge in [0.1, 0.15) is 23.7 Å². The molecule has 1 atom stereocenters. The van der Waals surface area contributed by atoms with E-state index in [1.54, 1.807) is 19.1 Å². The maximum atomic E-state index is 12.0. The molecule has 0 saturated carbocycles. The highest BCUT2D eigenvalue weighted by Gasteiger charge is 2.16. The number of aromatic amines is 2. The molecule has 1 aromatic carbocycles. The van der Waals surface area contributed by atoms with Gasteiger partial charge in [-0.1, -0.05) is 18.2 Å². The zero-order chi connectivity index (χ0) is 16.1. The Hall–Kier alpha value is -3.03. The second kappa shape index (κ2) is 6.61. The number of para-hydroxylation sites is 1. The normalized spacial score (nSPS) is 11.7. The van der Waals surface area contributed by atoms with Crippen molar-refractivity contribution in [2.24, 2.45) is 0 Å². The second-order valence-electron chi connectivity index (χ2n) is 4.70. The Morgan fingerprint density at radius 3 is 2.64 bits per heavy atom. The molecular weight excluding hydrogens is 288 g/mol. The molecule has 2 aromatic rings. The molecule has 116 valence electrons. The molecule has 0 bridgehead atoms. The van der Waals surface area contributed by atoms with E-state index in [-0.39, 0.29) is 24.0 Å². The Bertz CT molecular complexity index is 766. The molecule has 8 nitrogen and oxygen atoms in total. The zero-order valence-corrected chi connectivity index (χ0v) is 11.9. The van der Waals surface area contributed by atoms with Gasteiger partial charge in [-0.3, -0.25) is 14.6 Å². The van der Waals surface area contributed by atoms with Crippen molar-refractivity contribution >= 4 is 11.6 Å². The molecule has 0 aliphatic heterocycles. The van der Waals surface area contributed by atoms with E-state index in [9.17, 15) is 14.4 Å². The summed E-state index contributed by atoms with van der Waals surface area (Å²) >= 11 is 0. The molecular formula is C14H16N4O4. The summed E-state index contributed by atoms with van der Waals surface area (Å²) in [5, 5.41) is 2.59. The lowest BCUT2D eigenvalue weighted by Crippen LogP contribution is -2.40. The van der Waals surface area contributed by atoms with Gasteiger partial charge >= 0.3 is 5.69 Å². The van der Waals surface area contributed by atoms with Crippen molar-refractivity contribution in [3.63, 3.8) is 0 Å². The molecule has 1 aromatic heterocycles. The van der Waals surface area contributed by atoms with Crippen LogP contribution in [-0.2, 0) is 0 Å². The Balaban J connectivity index is 2.00. The minimum Gasteiger partial charge on any atom is -0.491 e. The van der Waals surface area contributed by atoms with Gasteiger partial charge in [-0.15, -0.1) is 0 Å². The summed E-state index contributed by atoms with van der Waals surface area (Å²) in [6, 6.07) is 8.77. The van der Waals surface area contributed by atoms with Crippen LogP contribution in [0.25, 0.3) is 0 Å². The van der Waals surface area contributed by atoms with Gasteiger partial charge in [-0.05, 0) is 19.1 Å². The number of rotatable bonds is 5. The smallest absolute Gasteiger partial charge is 0.326 e. The van der Waals surface area contributed by atoms with E-state index in [2.05, 4.69) is 10.3 Å². The summed E-state index contributed by atoms with van der Waals surface area (Å²) in [5.74, 6) is 0.0255. The molecule has 0 unspecified atom stereocenters. The molecule has 1 heterocycles. The number of carbonyl (C=O) groups is 1. The van der Waals surface area contributed by atoms with E-state index >= 15 is 0 Å². The van der Waals surface area contributed by atoms with E-state index in [4.69, 9.17) is 10.5 Å². The SMILES string of the molecule is C[C@H](COc1ccccc1)NC(=O)c1[nH]c(=O)[nH]c(=O)c1N. The van der Waals surface area contributed by atoms with Gasteiger partial charge < -0.3 is 20.8 Å². The first-order valence-corrected chi connectivity index (χ1v) is 6.58. The number of carbonyl (C=O) groups excluding carboxylic acids is 1. The number of ether oxygens (including phenoxy) is 1. The lowest BCUT2D eigenvalue weighted by atomic mass is 10.3. The molecule has 0 fully saturated rings. The van der Waals surface area contributed by atoms with Crippen molar-refractivity contribution in [1.82, 2.24) is 15.3 Å². The van der Waals surface area contributed by atoms with Gasteiger partial charge in [0, 0.05) is 0 Å². The summed E-state index contributed by atoms with van der Waals surface area (Å²) < 4.78 is 5.50. The van der Waals surface area contributed by atoms with Crippen LogP contribution in [0.1, 0.15) is 17.4 Å². The number of H-pyrrole nitrogens is 2. The van der Waals surface area contributed by atoms with Crippen molar-refractivity contribution in [2.45, 2.75) is 13.0 Å². The molecule has 0 aliphatic carbocycles. The summed E-state index contributed by atoms with van der Waals surface area (Å²) in [4.78, 5) is 38.7. The van der Waals surface area contributed by atoms with Gasteiger partial charge in [-0.25, -0.2) is 4.79 Å². The Labute approximate surface area is 125 Å². The van der Waals surface area contributed by atoms with Crippen molar-refractivity contribution in [3.8, 4) is 5.75 Å². The minimum absolute atomic E-state index is 0.225. The van der Waals surface area contributed by atoms with Crippen molar-refractivity contribution in [3.05, 3.63) is 56.9 Å². The Kier molecular flexibility index (Phi) is 4.62. The van der Waals surface area contributed by atoms with Gasteiger partial charge in [-0.2, -0.15) is 0 Å². The molecule has 0 radical (unpaired) electrons. The average Bonchev–Trinajstić information content (AvgIpc) is 2.49. The van der Waals surface area contributed by atoms with Crippen LogP contribution in [0.4, 0.5) is 5.69 Å². The van der Waals surface area contributed by atoms with Crippen LogP contribution in [0.3, 0.4) is 0 Å². The topological polar surface area (TPSA) is 130 Å². The highest BCUT2D eigenvalue weighted by Crippen LogP contribution is 2.08. The van der Waals surface area contributed by atoms with Gasteiger partial charge in [0.25, 0.3) is 11.5 Å². The number of amides is 1. The summed E-state index contributed by atoms with van der Waals surface area (Å²) in [7, 11) is 0. The number of nitrogens with two attached hydrogens (primary N) is 1. The lowest BCUT2D eigenvalue weighted by molar-refractivity contribution is 0.0922. The highest BCUT2D eigenvalue weighted by atomic mass is 16.5. The lowest BCUT2D eigenvalue weighted by Gasteiger charge is -2.15. The van der Waals surface area contributed by atoms with Gasteiger partial charge in [0.2, 0.25) is 0 Å². The van der Waals surface area contributed by atoms with Crippen LogP contribution in [0, 0.1) is 0 Å². The largest absolute Gasteiger partial charge is 0.491 e. The first kappa shape index (κ1) is 15.4. The molecule has 2 rings (SSSR count). The molecule has 8 heteroatoms. The van der Waals surface area contributed by atoms with Crippen LogP contribution in [0.5, 0.6) is 5.75 Å². The average molecular weight is 304 g/mol. The molecule has 0 aliphatic rings. The first-order valence-electron chi connectivity index (χ1n) is 6.58. The third-order valence-corrected chi connectivity index (χ3v) is 2.83. The highest BCUT2D eigenvalue weighted by molar-refractivity contribution is 5.96. The summed E-state index contributed by atoms with van der Waals surface area (Å²) in [5.41, 5.74) is 3.29. The Morgan fingerprint density at radius 2 is 1.95 bits per heavy atom. The predicted molar refractivity (Wildman–Crippen MR) is 81.0 cm³/mol. The number of nitrogens with one attached hydrogen (secondary N) is 3. The molecule has 0 saturated heterocycles. The van der Waals surface area contributed by atoms with Crippen LogP contribution in [0.2, 0.25) is 0 Å². The number of hydrogen-bond acceptors (Lipinski definition) is 5. The maximum absolute atomic E-state index is 12.0. The standard InChI is InChI=1S/C14H16N4O4/c1-8(7-22-9-5-3-2-4-6-9)16-13(20)11-10(15)12(19)18-14(21)17-11/h2-6,8H,7,15H2,1H3,(H,16,20)(H2,17,18,19,21)/t8-/m1/s1. The van der Waals surface area contributed by atoms with Crippen LogP contribution >= 0.6 is 0 Å². The monoisotopic (exact) mass is 304 g/mol. The maximum Gasteiger partial charge on any atom is 0.326 e. The van der Waals surface area contributed by atoms with Crippen LogP contribution in [0.15, 0.2) is 39.9 Å². The molecule has 22 heavy (non-hydrogen) atoms. The van der Waals surface area contributed by atoms with E-state index in [0.717, 1.165) is 0 Å². The summed E-state index contributed by atoms with van der Waals surface area (Å²) in [6.07, 6.45) is 0. The fourth-order valence-electron chi connectivity index (χ4n) is 1.75. The van der Waals surface area contributed by atoms with Gasteiger partial charge in [0.05, 0.1) is 6.04 Å². The fourth-order valence-corrected chi connectivity index (χ4v) is 1.75. The van der Waals surface area contributed by atoms with Crippen molar-refractivity contribution in [2.75, 3.05) is 12.3 Å². The third-order valence-electron chi connectivity index (χ3n) is 2.83. The number of benzene rings is 1. The number of nitrogen functional groups attached to an aromatic ring is 1. The third kappa shape index (κ3) is 3.75. The van der Waals surface area contributed by atoms with E-state index < -0.39 is 17.2 Å². The molecule has 1 amide bonds.